The van der Waals surface area contributed by atoms with E-state index < -0.39 is 5.82 Å². The van der Waals surface area contributed by atoms with Crippen molar-refractivity contribution in [1.82, 2.24) is 4.98 Å². The van der Waals surface area contributed by atoms with Crippen LogP contribution in [0, 0.1) is 17.1 Å². The fourth-order valence-corrected chi connectivity index (χ4v) is 3.26. The van der Waals surface area contributed by atoms with Gasteiger partial charge in [0.05, 0.1) is 36.7 Å². The first-order chi connectivity index (χ1) is 15.5. The van der Waals surface area contributed by atoms with Crippen LogP contribution in [0.25, 0.3) is 10.9 Å². The average Bonchev–Trinajstić information content (AvgIpc) is 2.80. The smallest absolute Gasteiger partial charge is 0.169 e. The van der Waals surface area contributed by atoms with Crippen molar-refractivity contribution in [1.29, 1.82) is 5.26 Å². The lowest BCUT2D eigenvalue weighted by molar-refractivity contribution is 0.378. The lowest BCUT2D eigenvalue weighted by Gasteiger charge is -2.15. The van der Waals surface area contributed by atoms with E-state index in [4.69, 9.17) is 19.9 Å². The second-order valence-electron chi connectivity index (χ2n) is 6.82. The molecule has 0 aliphatic heterocycles. The van der Waals surface area contributed by atoms with Crippen LogP contribution in [0.4, 0.5) is 21.5 Å². The summed E-state index contributed by atoms with van der Waals surface area (Å²) in [6.07, 6.45) is 1.49. The third-order valence-corrected chi connectivity index (χ3v) is 4.80. The normalized spacial score (nSPS) is 10.4. The molecule has 3 N–H and O–H groups in total. The Morgan fingerprint density at radius 2 is 1.81 bits per heavy atom. The summed E-state index contributed by atoms with van der Waals surface area (Å²) in [7, 11) is 3.03. The molecule has 0 amide bonds. The number of nitrogens with one attached hydrogen (secondary N) is 1. The number of rotatable bonds is 6. The summed E-state index contributed by atoms with van der Waals surface area (Å²) >= 11 is 0. The highest BCUT2D eigenvalue weighted by Crippen LogP contribution is 2.38. The van der Waals surface area contributed by atoms with Gasteiger partial charge < -0.3 is 25.3 Å². The van der Waals surface area contributed by atoms with Crippen LogP contribution in [0.15, 0.2) is 60.8 Å². The number of aromatic nitrogens is 1. The molecule has 160 valence electrons. The Morgan fingerprint density at radius 1 is 1.00 bits per heavy atom. The second kappa shape index (κ2) is 8.70. The first-order valence-corrected chi connectivity index (χ1v) is 9.57. The van der Waals surface area contributed by atoms with E-state index in [9.17, 15) is 9.65 Å². The third kappa shape index (κ3) is 4.04. The molecule has 0 saturated heterocycles. The van der Waals surface area contributed by atoms with Crippen LogP contribution in [0.1, 0.15) is 5.56 Å². The van der Waals surface area contributed by atoms with Crippen molar-refractivity contribution >= 4 is 28.0 Å². The predicted molar refractivity (Wildman–Crippen MR) is 120 cm³/mol. The molecule has 7 nitrogen and oxygen atoms in total. The number of pyridine rings is 1. The standard InChI is InChI=1S/C24H19FN4O3/c1-30-22-11-20-18(10-19(22)27)24(14(12-26)13-28-20)29-16-6-7-21(23(9-16)31-2)32-17-5-3-4-15(25)8-17/h3-11,13H,27H2,1-2H3,(H,28,29). The van der Waals surface area contributed by atoms with Gasteiger partial charge in [0.2, 0.25) is 0 Å². The number of methoxy groups -OCH3 is 2. The third-order valence-electron chi connectivity index (χ3n) is 4.80. The largest absolute Gasteiger partial charge is 0.495 e. The fourth-order valence-electron chi connectivity index (χ4n) is 3.26. The highest BCUT2D eigenvalue weighted by atomic mass is 19.1. The summed E-state index contributed by atoms with van der Waals surface area (Å²) in [5, 5.41) is 13.5. The van der Waals surface area contributed by atoms with E-state index in [0.29, 0.717) is 56.5 Å². The maximum absolute atomic E-state index is 13.5. The number of hydrogen-bond acceptors (Lipinski definition) is 7. The zero-order chi connectivity index (χ0) is 22.7. The van der Waals surface area contributed by atoms with Gasteiger partial charge in [0.1, 0.15) is 23.4 Å². The minimum absolute atomic E-state index is 0.348. The molecule has 1 heterocycles. The van der Waals surface area contributed by atoms with Gasteiger partial charge in [0.25, 0.3) is 0 Å². The summed E-state index contributed by atoms with van der Waals surface area (Å²) in [4.78, 5) is 4.33. The molecule has 0 fully saturated rings. The van der Waals surface area contributed by atoms with Crippen molar-refractivity contribution in [3.63, 3.8) is 0 Å². The van der Waals surface area contributed by atoms with Crippen LogP contribution in [0.3, 0.4) is 0 Å². The van der Waals surface area contributed by atoms with Crippen LogP contribution < -0.4 is 25.3 Å². The molecule has 0 atom stereocenters. The van der Waals surface area contributed by atoms with Gasteiger partial charge in [0, 0.05) is 35.5 Å². The van der Waals surface area contributed by atoms with Crippen molar-refractivity contribution in [2.75, 3.05) is 25.3 Å². The van der Waals surface area contributed by atoms with Crippen molar-refractivity contribution in [2.45, 2.75) is 0 Å². The van der Waals surface area contributed by atoms with E-state index in [1.54, 1.807) is 42.5 Å². The van der Waals surface area contributed by atoms with Crippen LogP contribution in [0.2, 0.25) is 0 Å². The zero-order valence-corrected chi connectivity index (χ0v) is 17.3. The molecule has 0 unspecified atom stereocenters. The van der Waals surface area contributed by atoms with Crippen LogP contribution in [-0.2, 0) is 0 Å². The fraction of sp³-hybridized carbons (Fsp3) is 0.0833. The molecule has 0 saturated carbocycles. The van der Waals surface area contributed by atoms with E-state index >= 15 is 0 Å². The van der Waals surface area contributed by atoms with Gasteiger partial charge in [-0.15, -0.1) is 0 Å². The summed E-state index contributed by atoms with van der Waals surface area (Å²) in [6, 6.07) is 16.6. The highest BCUT2D eigenvalue weighted by Gasteiger charge is 2.14. The van der Waals surface area contributed by atoms with Crippen LogP contribution in [-0.4, -0.2) is 19.2 Å². The summed E-state index contributed by atoms with van der Waals surface area (Å²) < 4.78 is 29.9. The first-order valence-electron chi connectivity index (χ1n) is 9.57. The molecule has 0 bridgehead atoms. The minimum atomic E-state index is -0.399. The topological polar surface area (TPSA) is 102 Å². The molecular weight excluding hydrogens is 411 g/mol. The van der Waals surface area contributed by atoms with Gasteiger partial charge in [-0.05, 0) is 30.3 Å². The van der Waals surface area contributed by atoms with Gasteiger partial charge >= 0.3 is 0 Å². The first kappa shape index (κ1) is 20.8. The Bertz CT molecular complexity index is 1350. The molecule has 0 aliphatic carbocycles. The quantitative estimate of drug-likeness (QED) is 0.396. The number of nitrogens with two attached hydrogens (primary N) is 1. The minimum Gasteiger partial charge on any atom is -0.495 e. The number of fused-ring (bicyclic) bond motifs is 1. The van der Waals surface area contributed by atoms with E-state index in [-0.39, 0.29) is 0 Å². The molecular formula is C24H19FN4O3. The molecule has 3 aromatic carbocycles. The zero-order valence-electron chi connectivity index (χ0n) is 17.3. The van der Waals surface area contributed by atoms with E-state index in [1.165, 1.54) is 32.5 Å². The maximum Gasteiger partial charge on any atom is 0.169 e. The Morgan fingerprint density at radius 3 is 2.53 bits per heavy atom. The van der Waals surface area contributed by atoms with E-state index in [2.05, 4.69) is 16.4 Å². The molecule has 8 heteroatoms. The molecule has 0 spiro atoms. The number of nitrogens with zero attached hydrogens (tertiary/aromatic N) is 2. The highest BCUT2D eigenvalue weighted by molar-refractivity contribution is 5.98. The number of nitriles is 1. The van der Waals surface area contributed by atoms with Crippen LogP contribution in [0.5, 0.6) is 23.0 Å². The number of anilines is 3. The Kier molecular flexibility index (Phi) is 5.64. The Labute approximate surface area is 183 Å². The van der Waals surface area contributed by atoms with E-state index in [0.717, 1.165) is 0 Å². The van der Waals surface area contributed by atoms with Gasteiger partial charge in [-0.1, -0.05) is 6.07 Å². The number of benzene rings is 3. The SMILES string of the molecule is COc1cc2ncc(C#N)c(Nc3ccc(Oc4cccc(F)c4)c(OC)c3)c2cc1N. The monoisotopic (exact) mass is 430 g/mol. The Balaban J connectivity index is 1.72. The van der Waals surface area contributed by atoms with Crippen molar-refractivity contribution in [2.24, 2.45) is 0 Å². The average molecular weight is 430 g/mol. The summed E-state index contributed by atoms with van der Waals surface area (Å²) in [6.45, 7) is 0. The van der Waals surface area contributed by atoms with E-state index in [1.807, 2.05) is 0 Å². The van der Waals surface area contributed by atoms with Gasteiger partial charge in [-0.25, -0.2) is 4.39 Å². The van der Waals surface area contributed by atoms with Gasteiger partial charge in [-0.2, -0.15) is 5.26 Å². The molecule has 32 heavy (non-hydrogen) atoms. The molecule has 0 aliphatic rings. The molecule has 4 rings (SSSR count). The van der Waals surface area contributed by atoms with Crippen molar-refractivity contribution in [3.05, 3.63) is 72.2 Å². The number of hydrogen-bond donors (Lipinski definition) is 2. The number of ether oxygens (including phenoxy) is 3. The molecule has 0 radical (unpaired) electrons. The van der Waals surface area contributed by atoms with Gasteiger partial charge in [0.15, 0.2) is 11.5 Å². The maximum atomic E-state index is 13.5. The van der Waals surface area contributed by atoms with Crippen LogP contribution >= 0.6 is 0 Å². The Hall–Kier alpha value is -4.51. The summed E-state index contributed by atoms with van der Waals surface area (Å²) in [5.74, 6) is 1.29. The lowest BCUT2D eigenvalue weighted by Crippen LogP contribution is -2.00. The van der Waals surface area contributed by atoms with Crippen molar-refractivity contribution in [3.8, 4) is 29.1 Å². The predicted octanol–water partition coefficient (Wildman–Crippen LogP) is 5.38. The number of halogens is 1. The summed E-state index contributed by atoms with van der Waals surface area (Å²) in [5.41, 5.74) is 8.66. The lowest BCUT2D eigenvalue weighted by atomic mass is 10.1. The molecule has 4 aromatic rings. The van der Waals surface area contributed by atoms with Gasteiger partial charge in [-0.3, -0.25) is 4.98 Å². The molecule has 1 aromatic heterocycles. The van der Waals surface area contributed by atoms with Crippen molar-refractivity contribution < 1.29 is 18.6 Å². The number of nitrogen functional groups attached to an aromatic ring is 1. The second-order valence-corrected chi connectivity index (χ2v) is 6.82.